The fourth-order valence-corrected chi connectivity index (χ4v) is 4.38. The van der Waals surface area contributed by atoms with Gasteiger partial charge in [-0.3, -0.25) is 9.59 Å². The van der Waals surface area contributed by atoms with Crippen molar-refractivity contribution in [1.82, 2.24) is 15.3 Å². The summed E-state index contributed by atoms with van der Waals surface area (Å²) in [4.78, 5) is 32.7. The molecule has 0 saturated carbocycles. The number of alkyl halides is 3. The molecule has 2 heterocycles. The molecule has 5 rings (SSSR count). The van der Waals surface area contributed by atoms with Gasteiger partial charge in [0.15, 0.2) is 0 Å². The largest absolute Gasteiger partial charge is 0.416 e. The summed E-state index contributed by atoms with van der Waals surface area (Å²) in [6.45, 7) is 0. The third-order valence-electron chi connectivity index (χ3n) is 5.80. The number of fused-ring (bicyclic) bond motifs is 1. The Morgan fingerprint density at radius 2 is 1.81 bits per heavy atom. The van der Waals surface area contributed by atoms with Gasteiger partial charge in [0.25, 0.3) is 11.8 Å². The molecule has 1 aliphatic heterocycles. The van der Waals surface area contributed by atoms with Crippen LogP contribution in [0.5, 0.6) is 0 Å². The van der Waals surface area contributed by atoms with E-state index in [1.54, 1.807) is 0 Å². The van der Waals surface area contributed by atoms with E-state index in [2.05, 4.69) is 20.6 Å². The van der Waals surface area contributed by atoms with Crippen LogP contribution in [-0.2, 0) is 6.18 Å². The second kappa shape index (κ2) is 9.00. The molecule has 1 aliphatic rings. The molecule has 1 atom stereocenters. The minimum atomic E-state index is -4.88. The molecule has 3 aromatic carbocycles. The molecule has 1 unspecified atom stereocenters. The summed E-state index contributed by atoms with van der Waals surface area (Å²) in [6.07, 6.45) is -2.03. The Hall–Kier alpha value is -4.25. The lowest BCUT2D eigenvalue weighted by Crippen LogP contribution is -2.21. The van der Waals surface area contributed by atoms with Crippen molar-refractivity contribution in [3.63, 3.8) is 0 Å². The van der Waals surface area contributed by atoms with E-state index < -0.39 is 46.8 Å². The maximum atomic E-state index is 14.0. The molecule has 0 fully saturated rings. The van der Waals surface area contributed by atoms with Crippen molar-refractivity contribution in [2.24, 2.45) is 0 Å². The third-order valence-corrected chi connectivity index (χ3v) is 6.15. The van der Waals surface area contributed by atoms with E-state index in [0.717, 1.165) is 12.1 Å². The van der Waals surface area contributed by atoms with Gasteiger partial charge in [-0.15, -0.1) is 0 Å². The number of imidazole rings is 1. The summed E-state index contributed by atoms with van der Waals surface area (Å²) in [7, 11) is 0. The zero-order valence-corrected chi connectivity index (χ0v) is 19.1. The highest BCUT2D eigenvalue weighted by Crippen LogP contribution is 2.41. The van der Waals surface area contributed by atoms with Gasteiger partial charge >= 0.3 is 6.18 Å². The number of aromatic nitrogens is 2. The zero-order chi connectivity index (χ0) is 26.5. The lowest BCUT2D eigenvalue weighted by atomic mass is 9.93. The molecule has 37 heavy (non-hydrogen) atoms. The minimum Gasteiger partial charge on any atom is -0.345 e. The Balaban J connectivity index is 1.65. The van der Waals surface area contributed by atoms with E-state index >= 15 is 0 Å². The first-order valence-electron chi connectivity index (χ1n) is 10.6. The molecule has 0 radical (unpaired) electrons. The normalized spacial score (nSPS) is 14.9. The lowest BCUT2D eigenvalue weighted by molar-refractivity contribution is -0.137. The number of hydrogen-bond donors (Lipinski definition) is 3. The number of hydrogen-bond acceptors (Lipinski definition) is 3. The molecule has 188 valence electrons. The van der Waals surface area contributed by atoms with Crippen molar-refractivity contribution in [3.05, 3.63) is 106 Å². The van der Waals surface area contributed by atoms with Crippen LogP contribution >= 0.6 is 11.6 Å². The van der Waals surface area contributed by atoms with Crippen LogP contribution < -0.4 is 10.6 Å². The number of rotatable bonds is 4. The number of carbonyl (C=O) groups is 2. The molecule has 12 heteroatoms. The first-order valence-corrected chi connectivity index (χ1v) is 11.0. The van der Waals surface area contributed by atoms with Gasteiger partial charge in [-0.1, -0.05) is 11.6 Å². The summed E-state index contributed by atoms with van der Waals surface area (Å²) >= 11 is 6.27. The quantitative estimate of drug-likeness (QED) is 0.277. The van der Waals surface area contributed by atoms with Crippen LogP contribution in [-0.4, -0.2) is 21.8 Å². The molecule has 1 aromatic heterocycles. The highest BCUT2D eigenvalue weighted by Gasteiger charge is 2.36. The minimum absolute atomic E-state index is 0.0218. The summed E-state index contributed by atoms with van der Waals surface area (Å²) in [6, 6.07) is 7.01. The van der Waals surface area contributed by atoms with Crippen LogP contribution in [0.2, 0.25) is 5.02 Å². The second-order valence-corrected chi connectivity index (χ2v) is 8.61. The average Bonchev–Trinajstić information content (AvgIpc) is 3.48. The predicted molar refractivity (Wildman–Crippen MR) is 124 cm³/mol. The molecule has 0 spiro atoms. The number of nitrogens with one attached hydrogen (secondary N) is 3. The van der Waals surface area contributed by atoms with Gasteiger partial charge in [-0.2, -0.15) is 13.2 Å². The van der Waals surface area contributed by atoms with E-state index in [1.165, 1.54) is 30.7 Å². The van der Waals surface area contributed by atoms with Gasteiger partial charge in [0.1, 0.15) is 11.6 Å². The van der Waals surface area contributed by atoms with Crippen LogP contribution in [0.15, 0.2) is 61.1 Å². The average molecular weight is 533 g/mol. The molecular formula is C25H14ClF5N4O2. The molecule has 0 aliphatic carbocycles. The molecule has 4 aromatic rings. The molecule has 0 bridgehead atoms. The second-order valence-electron chi connectivity index (χ2n) is 8.20. The van der Waals surface area contributed by atoms with Crippen LogP contribution in [0.3, 0.4) is 0 Å². The number of amides is 2. The van der Waals surface area contributed by atoms with Crippen LogP contribution in [0.25, 0.3) is 11.3 Å². The van der Waals surface area contributed by atoms with Crippen molar-refractivity contribution >= 4 is 29.1 Å². The van der Waals surface area contributed by atoms with Crippen LogP contribution in [0, 0.1) is 11.6 Å². The topological polar surface area (TPSA) is 86.9 Å². The number of carbonyl (C=O) groups excluding carboxylic acids is 2. The van der Waals surface area contributed by atoms with E-state index in [9.17, 15) is 31.5 Å². The summed E-state index contributed by atoms with van der Waals surface area (Å²) < 4.78 is 67.5. The van der Waals surface area contributed by atoms with Crippen LogP contribution in [0.1, 0.15) is 43.4 Å². The fraction of sp³-hybridized carbons (Fsp3) is 0.0800. The monoisotopic (exact) mass is 532 g/mol. The van der Waals surface area contributed by atoms with Crippen molar-refractivity contribution in [1.29, 1.82) is 0 Å². The fourth-order valence-electron chi connectivity index (χ4n) is 4.15. The Bertz CT molecular complexity index is 1550. The van der Waals surface area contributed by atoms with Crippen molar-refractivity contribution in [2.75, 3.05) is 5.32 Å². The van der Waals surface area contributed by atoms with Crippen LogP contribution in [0.4, 0.5) is 27.6 Å². The first-order chi connectivity index (χ1) is 17.5. The van der Waals surface area contributed by atoms with Gasteiger partial charge in [0, 0.05) is 38.5 Å². The van der Waals surface area contributed by atoms with Crippen molar-refractivity contribution < 1.29 is 31.5 Å². The van der Waals surface area contributed by atoms with Gasteiger partial charge in [0.05, 0.1) is 29.8 Å². The Kier molecular flexibility index (Phi) is 5.95. The van der Waals surface area contributed by atoms with Crippen molar-refractivity contribution in [2.45, 2.75) is 12.2 Å². The number of H-pyrrole nitrogens is 1. The summed E-state index contributed by atoms with van der Waals surface area (Å²) in [5.74, 6) is -3.49. The summed E-state index contributed by atoms with van der Waals surface area (Å²) in [5, 5.41) is 5.31. The predicted octanol–water partition coefficient (Wildman–Crippen LogP) is 6.11. The van der Waals surface area contributed by atoms with E-state index in [1.807, 2.05) is 0 Å². The lowest BCUT2D eigenvalue weighted by Gasteiger charge is -2.19. The maximum absolute atomic E-state index is 14.0. The Labute approximate surface area is 210 Å². The molecule has 3 N–H and O–H groups in total. The third kappa shape index (κ3) is 4.65. The zero-order valence-electron chi connectivity index (χ0n) is 18.4. The number of aromatic amines is 1. The van der Waals surface area contributed by atoms with Gasteiger partial charge in [0.2, 0.25) is 0 Å². The van der Waals surface area contributed by atoms with Crippen molar-refractivity contribution in [3.8, 4) is 11.3 Å². The van der Waals surface area contributed by atoms with E-state index in [0.29, 0.717) is 23.4 Å². The molecule has 0 saturated heterocycles. The van der Waals surface area contributed by atoms with Gasteiger partial charge in [-0.25, -0.2) is 13.8 Å². The van der Waals surface area contributed by atoms with Gasteiger partial charge < -0.3 is 15.6 Å². The Morgan fingerprint density at radius 3 is 2.51 bits per heavy atom. The molecule has 2 amide bonds. The maximum Gasteiger partial charge on any atom is 0.416 e. The Morgan fingerprint density at radius 1 is 1.03 bits per heavy atom. The smallest absolute Gasteiger partial charge is 0.345 e. The summed E-state index contributed by atoms with van der Waals surface area (Å²) in [5.41, 5.74) is -0.492. The number of nitrogens with zero attached hydrogens (tertiary/aromatic N) is 1. The standard InChI is InChI=1S/C25H14ClF5N4O2/c26-18-2-1-14(27)8-16(18)22-21-17(24(37)35-22)5-11(20-9-32-10-33-20)6-19(21)34-23(36)12-3-13(25(29,30)31)7-15(28)4-12/h1-10,22H,(H,32,33)(H,34,36)(H,35,37). The first kappa shape index (κ1) is 24.4. The SMILES string of the molecule is O=C(Nc1cc(-c2cnc[nH]2)cc2c1C(c1cc(F)ccc1Cl)NC2=O)c1cc(F)cc(C(F)(F)F)c1. The highest BCUT2D eigenvalue weighted by molar-refractivity contribution is 6.31. The number of benzene rings is 3. The highest BCUT2D eigenvalue weighted by atomic mass is 35.5. The van der Waals surface area contributed by atoms with E-state index in [-0.39, 0.29) is 33.5 Å². The molecular weight excluding hydrogens is 519 g/mol. The molecule has 6 nitrogen and oxygen atoms in total. The number of halogens is 6. The number of anilines is 1. The van der Waals surface area contributed by atoms with E-state index in [4.69, 9.17) is 11.6 Å². The van der Waals surface area contributed by atoms with Gasteiger partial charge in [-0.05, 0) is 48.5 Å².